The molecule has 0 heterocycles. The molecule has 0 bridgehead atoms. The van der Waals surface area contributed by atoms with Gasteiger partial charge in [0.25, 0.3) is 0 Å². The van der Waals surface area contributed by atoms with E-state index in [9.17, 15) is 44.1 Å². The van der Waals surface area contributed by atoms with Crippen LogP contribution in [0.4, 0.5) is 0 Å². The second-order valence-corrected chi connectivity index (χ2v) is 5.09. The third-order valence-electron chi connectivity index (χ3n) is 2.08. The van der Waals surface area contributed by atoms with Gasteiger partial charge in [-0.05, 0) is 12.8 Å². The molecule has 1 atom stereocenters. The topological polar surface area (TPSA) is 184 Å². The van der Waals surface area contributed by atoms with Gasteiger partial charge in [-0.15, -0.1) is 0 Å². The zero-order valence-corrected chi connectivity index (χ0v) is 21.1. The molecular formula is C7H6Na4O9P-. The average molecular weight is 357 g/mol. The van der Waals surface area contributed by atoms with Gasteiger partial charge in [0.15, 0.2) is 0 Å². The first kappa shape index (κ1) is 34.8. The Kier molecular flexibility index (Phi) is 24.6. The van der Waals surface area contributed by atoms with E-state index < -0.39 is 49.9 Å². The van der Waals surface area contributed by atoms with Gasteiger partial charge < -0.3 is 44.1 Å². The number of carbonyl (C=O) groups excluding carboxylic acids is 3. The zero-order chi connectivity index (χ0) is 13.9. The Hall–Kier alpha value is 2.56. The first-order valence-electron chi connectivity index (χ1n) is 4.16. The van der Waals surface area contributed by atoms with Crippen LogP contribution in [0.25, 0.3) is 0 Å². The van der Waals surface area contributed by atoms with Crippen LogP contribution in [0, 0.1) is 0 Å². The molecule has 0 aliphatic carbocycles. The van der Waals surface area contributed by atoms with E-state index in [1.54, 1.807) is 0 Å². The van der Waals surface area contributed by atoms with Crippen molar-refractivity contribution in [1.82, 2.24) is 0 Å². The van der Waals surface area contributed by atoms with Crippen LogP contribution in [0.5, 0.6) is 0 Å². The molecule has 0 fully saturated rings. The van der Waals surface area contributed by atoms with Crippen LogP contribution in [-0.2, 0) is 18.9 Å². The molecule has 0 rings (SSSR count). The van der Waals surface area contributed by atoms with E-state index in [-0.39, 0.29) is 118 Å². The maximum Gasteiger partial charge on any atom is 1.00 e. The van der Waals surface area contributed by atoms with Crippen LogP contribution >= 0.6 is 7.60 Å². The van der Waals surface area contributed by atoms with Gasteiger partial charge in [-0.25, -0.2) is 0 Å². The van der Waals surface area contributed by atoms with E-state index in [4.69, 9.17) is 0 Å². The number of carboxylic acids is 3. The molecule has 0 aromatic rings. The first-order chi connectivity index (χ1) is 7.53. The average Bonchev–Trinajstić information content (AvgIpc) is 2.08. The normalized spacial score (nSPS) is 12.1. The van der Waals surface area contributed by atoms with Crippen molar-refractivity contribution in [2.75, 3.05) is 0 Å². The summed E-state index contributed by atoms with van der Waals surface area (Å²) in [4.78, 5) is 52.6. The molecule has 0 saturated carbocycles. The van der Waals surface area contributed by atoms with E-state index >= 15 is 0 Å². The molecule has 14 heteroatoms. The summed E-state index contributed by atoms with van der Waals surface area (Å²) >= 11 is 0. The zero-order valence-electron chi connectivity index (χ0n) is 12.2. The second kappa shape index (κ2) is 14.9. The summed E-state index contributed by atoms with van der Waals surface area (Å²) in [7, 11) is -5.95. The summed E-state index contributed by atoms with van der Waals surface area (Å²) in [6, 6.07) is 0. The van der Waals surface area contributed by atoms with Crippen molar-refractivity contribution in [3.05, 3.63) is 0 Å². The van der Waals surface area contributed by atoms with Gasteiger partial charge in [-0.2, -0.15) is 0 Å². The summed E-state index contributed by atoms with van der Waals surface area (Å²) < 4.78 is 10.8. The molecule has 0 saturated heterocycles. The number of hydrogen-bond acceptors (Lipinski definition) is 9. The molecule has 0 N–H and O–H groups in total. The van der Waals surface area contributed by atoms with E-state index in [1.165, 1.54) is 0 Å². The minimum atomic E-state index is -5.95. The molecule has 0 aliphatic rings. The summed E-state index contributed by atoms with van der Waals surface area (Å²) in [6.45, 7) is 0. The fourth-order valence-electron chi connectivity index (χ4n) is 1.16. The van der Waals surface area contributed by atoms with Gasteiger partial charge >= 0.3 is 118 Å². The molecule has 0 amide bonds. The molecule has 0 aromatic carbocycles. The van der Waals surface area contributed by atoms with E-state index in [0.717, 1.165) is 0 Å². The molecule has 9 nitrogen and oxygen atoms in total. The minimum absolute atomic E-state index is 0. The van der Waals surface area contributed by atoms with Gasteiger partial charge in [-0.3, -0.25) is 0 Å². The van der Waals surface area contributed by atoms with Crippen molar-refractivity contribution in [3.8, 4) is 0 Å². The number of rotatable bonds is 7. The van der Waals surface area contributed by atoms with Crippen LogP contribution in [0.2, 0.25) is 0 Å². The predicted molar refractivity (Wildman–Crippen MR) is 39.2 cm³/mol. The van der Waals surface area contributed by atoms with Crippen LogP contribution < -0.4 is 143 Å². The predicted octanol–water partition coefficient (Wildman–Crippen LogP) is -17.9. The van der Waals surface area contributed by atoms with Crippen molar-refractivity contribution in [3.63, 3.8) is 0 Å². The molecule has 21 heavy (non-hydrogen) atoms. The van der Waals surface area contributed by atoms with Gasteiger partial charge in [0, 0.05) is 23.5 Å². The van der Waals surface area contributed by atoms with Crippen molar-refractivity contribution in [2.24, 2.45) is 0 Å². The molecule has 0 spiro atoms. The van der Waals surface area contributed by atoms with E-state index in [1.807, 2.05) is 0 Å². The monoisotopic (exact) mass is 357 g/mol. The number of carbonyl (C=O) groups is 3. The SMILES string of the molecule is O=C([O-])CCC(CC(=O)[O-])(C(=O)[O-])P(=O)([O-])[O-].[Na+].[Na+].[Na+].[Na+]. The maximum absolute atomic E-state index is 10.8. The Bertz CT molecular complexity index is 398. The van der Waals surface area contributed by atoms with Crippen molar-refractivity contribution < 1.29 is 162 Å². The Balaban J connectivity index is -0.000000213. The Morgan fingerprint density at radius 2 is 1.24 bits per heavy atom. The molecule has 0 radical (unpaired) electrons. The van der Waals surface area contributed by atoms with Gasteiger partial charge in [0.2, 0.25) is 0 Å². The third kappa shape index (κ3) is 11.7. The Morgan fingerprint density at radius 3 is 1.43 bits per heavy atom. The van der Waals surface area contributed by atoms with Crippen molar-refractivity contribution in [2.45, 2.75) is 24.4 Å². The van der Waals surface area contributed by atoms with Gasteiger partial charge in [-0.1, -0.05) is 7.60 Å². The van der Waals surface area contributed by atoms with E-state index in [2.05, 4.69) is 0 Å². The Labute approximate surface area is 209 Å². The molecule has 0 aliphatic heterocycles. The minimum Gasteiger partial charge on any atom is -0.810 e. The van der Waals surface area contributed by atoms with Crippen molar-refractivity contribution >= 4 is 25.5 Å². The summed E-state index contributed by atoms with van der Waals surface area (Å²) in [5.74, 6) is -6.43. The molecule has 98 valence electrons. The molecule has 1 unspecified atom stereocenters. The van der Waals surface area contributed by atoms with E-state index in [0.29, 0.717) is 0 Å². The third-order valence-corrected chi connectivity index (χ3v) is 3.70. The number of hydrogen-bond donors (Lipinski definition) is 0. The molecular weight excluding hydrogens is 351 g/mol. The summed E-state index contributed by atoms with van der Waals surface area (Å²) in [5, 5.41) is 27.6. The summed E-state index contributed by atoms with van der Waals surface area (Å²) in [6.07, 6.45) is -4.04. The first-order valence-corrected chi connectivity index (χ1v) is 5.70. The second-order valence-electron chi connectivity index (χ2n) is 3.24. The molecule has 0 aromatic heterocycles. The Morgan fingerprint density at radius 1 is 0.857 bits per heavy atom. The largest absolute Gasteiger partial charge is 1.00 e. The maximum atomic E-state index is 10.8. The fraction of sp³-hybridized carbons (Fsp3) is 0.571. The fourth-order valence-corrected chi connectivity index (χ4v) is 2.09. The quantitative estimate of drug-likeness (QED) is 0.315. The number of carboxylic acid groups (broad SMARTS) is 3. The van der Waals surface area contributed by atoms with Crippen LogP contribution in [0.3, 0.4) is 0 Å². The summed E-state index contributed by atoms with van der Waals surface area (Å²) in [5.41, 5.74) is 0. The van der Waals surface area contributed by atoms with Gasteiger partial charge in [0.05, 0.1) is 5.97 Å². The van der Waals surface area contributed by atoms with Crippen LogP contribution in [-0.4, -0.2) is 23.1 Å². The van der Waals surface area contributed by atoms with Crippen molar-refractivity contribution in [1.29, 1.82) is 0 Å². The van der Waals surface area contributed by atoms with Gasteiger partial charge in [0.1, 0.15) is 0 Å². The number of aliphatic carboxylic acids is 3. The van der Waals surface area contributed by atoms with Crippen LogP contribution in [0.1, 0.15) is 19.3 Å². The smallest absolute Gasteiger partial charge is 0.810 e. The standard InChI is InChI=1S/C7H11O9P.4Na/c8-4(9)1-2-7(6(12)13,3-5(10)11)17(14,15)16;;;;/h1-3H2,(H,8,9)(H,10,11)(H,12,13)(H2,14,15,16);;;;/q;4*+1/p-5. The van der Waals surface area contributed by atoms with Crippen LogP contribution in [0.15, 0.2) is 0 Å².